The van der Waals surface area contributed by atoms with Crippen LogP contribution in [0.4, 0.5) is 0 Å². The van der Waals surface area contributed by atoms with Crippen molar-refractivity contribution in [2.75, 3.05) is 0 Å². The van der Waals surface area contributed by atoms with Crippen LogP contribution < -0.4 is 0 Å². The lowest BCUT2D eigenvalue weighted by Crippen LogP contribution is -2.09. The zero-order valence-electron chi connectivity index (χ0n) is 13.2. The Labute approximate surface area is 141 Å². The van der Waals surface area contributed by atoms with Crippen molar-refractivity contribution in [3.63, 3.8) is 0 Å². The molecular weight excluding hydrogens is 304 g/mol. The van der Waals surface area contributed by atoms with Crippen LogP contribution in [-0.2, 0) is 8.98 Å². The molecule has 3 heteroatoms. The highest BCUT2D eigenvalue weighted by Crippen LogP contribution is 2.29. The van der Waals surface area contributed by atoms with Gasteiger partial charge in [-0.1, -0.05) is 42.0 Å². The molecule has 0 bridgehead atoms. The molecule has 1 aliphatic rings. The molecule has 0 radical (unpaired) electrons. The van der Waals surface area contributed by atoms with Crippen molar-refractivity contribution >= 4 is 23.9 Å². The van der Waals surface area contributed by atoms with Gasteiger partial charge in [0.2, 0.25) is 0 Å². The Morgan fingerprint density at radius 1 is 1.09 bits per heavy atom. The third kappa shape index (κ3) is 3.81. The van der Waals surface area contributed by atoms with Crippen LogP contribution in [0.3, 0.4) is 0 Å². The van der Waals surface area contributed by atoms with E-state index >= 15 is 0 Å². The molecule has 116 valence electrons. The zero-order chi connectivity index (χ0) is 16.2. The van der Waals surface area contributed by atoms with Crippen molar-refractivity contribution in [2.24, 2.45) is 0 Å². The first kappa shape index (κ1) is 15.8. The van der Waals surface area contributed by atoms with Crippen molar-refractivity contribution < 1.29 is 8.98 Å². The Morgan fingerprint density at radius 3 is 2.61 bits per heavy atom. The van der Waals surface area contributed by atoms with Gasteiger partial charge in [0, 0.05) is 22.5 Å². The van der Waals surface area contributed by atoms with Crippen LogP contribution in [0.1, 0.15) is 16.7 Å². The summed E-state index contributed by atoms with van der Waals surface area (Å²) in [4.78, 5) is 13.2. The maximum atomic E-state index is 12.1. The zero-order valence-corrected chi connectivity index (χ0v) is 14.0. The number of hydrogen-bond acceptors (Lipinski definition) is 3. The van der Waals surface area contributed by atoms with Gasteiger partial charge in [-0.25, -0.2) is 0 Å². The first-order valence-electron chi connectivity index (χ1n) is 7.53. The Hall–Kier alpha value is -2.10. The molecule has 0 fully saturated rings. The second-order valence-corrected chi connectivity index (χ2v) is 6.43. The Kier molecular flexibility index (Phi) is 4.79. The van der Waals surface area contributed by atoms with Crippen LogP contribution in [0.25, 0.3) is 6.08 Å². The molecule has 0 spiro atoms. The van der Waals surface area contributed by atoms with E-state index in [4.69, 9.17) is 4.18 Å². The summed E-state index contributed by atoms with van der Waals surface area (Å²) in [6.45, 7) is 4.12. The molecule has 0 heterocycles. The molecule has 0 N–H and O–H groups in total. The van der Waals surface area contributed by atoms with Crippen LogP contribution in [0.2, 0.25) is 0 Å². The molecule has 0 aromatic heterocycles. The van der Waals surface area contributed by atoms with Gasteiger partial charge in [0.15, 0.2) is 5.78 Å². The molecule has 1 atom stereocenters. The van der Waals surface area contributed by atoms with Gasteiger partial charge in [0.1, 0.15) is 6.10 Å². The van der Waals surface area contributed by atoms with Crippen molar-refractivity contribution in [2.45, 2.75) is 24.8 Å². The number of aryl methyl sites for hydroxylation is 2. The van der Waals surface area contributed by atoms with E-state index in [1.165, 1.54) is 17.6 Å². The third-order valence-electron chi connectivity index (χ3n) is 3.74. The highest BCUT2D eigenvalue weighted by Gasteiger charge is 2.24. The topological polar surface area (TPSA) is 26.3 Å². The summed E-state index contributed by atoms with van der Waals surface area (Å²) < 4.78 is 5.85. The number of benzene rings is 2. The second kappa shape index (κ2) is 6.99. The lowest BCUT2D eigenvalue weighted by atomic mass is 10.0. The maximum Gasteiger partial charge on any atom is 0.184 e. The molecule has 2 nitrogen and oxygen atoms in total. The SMILES string of the molecule is Cc1ccc(/C=C2\C(=O)C=CC2OSc2ccccc2)c(C)c1. The second-order valence-electron chi connectivity index (χ2n) is 5.60. The summed E-state index contributed by atoms with van der Waals surface area (Å²) in [6.07, 6.45) is 5.03. The fourth-order valence-corrected chi connectivity index (χ4v) is 3.14. The van der Waals surface area contributed by atoms with Gasteiger partial charge >= 0.3 is 0 Å². The predicted molar refractivity (Wildman–Crippen MR) is 95.2 cm³/mol. The molecule has 3 rings (SSSR count). The van der Waals surface area contributed by atoms with Crippen LogP contribution in [-0.4, -0.2) is 11.9 Å². The van der Waals surface area contributed by atoms with Crippen molar-refractivity contribution in [3.05, 3.63) is 82.9 Å². The van der Waals surface area contributed by atoms with Gasteiger partial charge in [0.25, 0.3) is 0 Å². The molecule has 1 aliphatic carbocycles. The van der Waals surface area contributed by atoms with E-state index in [1.807, 2.05) is 48.6 Å². The van der Waals surface area contributed by atoms with Gasteiger partial charge in [0.05, 0.1) is 0 Å². The quantitative estimate of drug-likeness (QED) is 0.590. The van der Waals surface area contributed by atoms with Crippen LogP contribution in [0.5, 0.6) is 0 Å². The molecule has 0 saturated heterocycles. The number of hydrogen-bond donors (Lipinski definition) is 0. The molecule has 2 aromatic carbocycles. The lowest BCUT2D eigenvalue weighted by molar-refractivity contribution is -0.111. The van der Waals surface area contributed by atoms with Crippen molar-refractivity contribution in [1.82, 2.24) is 0 Å². The molecule has 0 amide bonds. The fraction of sp³-hybridized carbons (Fsp3) is 0.150. The first-order valence-corrected chi connectivity index (χ1v) is 8.27. The Balaban J connectivity index is 1.79. The largest absolute Gasteiger partial charge is 0.298 e. The highest BCUT2D eigenvalue weighted by atomic mass is 32.2. The minimum absolute atomic E-state index is 0.0173. The van der Waals surface area contributed by atoms with Gasteiger partial charge < -0.3 is 0 Å². The van der Waals surface area contributed by atoms with E-state index in [0.717, 1.165) is 16.0 Å². The molecule has 2 aromatic rings. The molecule has 23 heavy (non-hydrogen) atoms. The van der Waals surface area contributed by atoms with Gasteiger partial charge in [-0.15, -0.1) is 0 Å². The molecular formula is C20H18O2S. The van der Waals surface area contributed by atoms with Crippen molar-refractivity contribution in [3.8, 4) is 0 Å². The van der Waals surface area contributed by atoms with Gasteiger partial charge in [-0.05, 0) is 55.3 Å². The average molecular weight is 322 g/mol. The summed E-state index contributed by atoms with van der Waals surface area (Å²) >= 11 is 1.30. The summed E-state index contributed by atoms with van der Waals surface area (Å²) in [6, 6.07) is 16.1. The monoisotopic (exact) mass is 322 g/mol. The number of rotatable bonds is 4. The molecule has 0 saturated carbocycles. The van der Waals surface area contributed by atoms with E-state index in [2.05, 4.69) is 26.0 Å². The minimum atomic E-state index is -0.312. The van der Waals surface area contributed by atoms with E-state index in [1.54, 1.807) is 6.08 Å². The number of carbonyl (C=O) groups is 1. The Morgan fingerprint density at radius 2 is 1.87 bits per heavy atom. The summed E-state index contributed by atoms with van der Waals surface area (Å²) in [5, 5.41) is 0. The molecule has 1 unspecified atom stereocenters. The highest BCUT2D eigenvalue weighted by molar-refractivity contribution is 7.94. The van der Waals surface area contributed by atoms with E-state index < -0.39 is 0 Å². The van der Waals surface area contributed by atoms with Gasteiger partial charge in [-0.3, -0.25) is 8.98 Å². The Bertz CT molecular complexity index is 775. The number of carbonyl (C=O) groups excluding carboxylic acids is 1. The fourth-order valence-electron chi connectivity index (χ4n) is 2.49. The summed E-state index contributed by atoms with van der Waals surface area (Å²) in [5.74, 6) is 0.0173. The van der Waals surface area contributed by atoms with Crippen molar-refractivity contribution in [1.29, 1.82) is 0 Å². The van der Waals surface area contributed by atoms with E-state index in [-0.39, 0.29) is 11.9 Å². The average Bonchev–Trinajstić information content (AvgIpc) is 2.89. The number of allylic oxidation sites excluding steroid dienone is 1. The van der Waals surface area contributed by atoms with Crippen LogP contribution in [0, 0.1) is 13.8 Å². The minimum Gasteiger partial charge on any atom is -0.298 e. The van der Waals surface area contributed by atoms with E-state index in [0.29, 0.717) is 5.57 Å². The normalized spacial score (nSPS) is 18.8. The lowest BCUT2D eigenvalue weighted by Gasteiger charge is -2.11. The van der Waals surface area contributed by atoms with Crippen LogP contribution in [0.15, 0.2) is 71.2 Å². The maximum absolute atomic E-state index is 12.1. The van der Waals surface area contributed by atoms with Gasteiger partial charge in [-0.2, -0.15) is 0 Å². The molecule has 0 aliphatic heterocycles. The van der Waals surface area contributed by atoms with Crippen LogP contribution >= 0.6 is 12.0 Å². The predicted octanol–water partition coefficient (Wildman–Crippen LogP) is 4.92. The van der Waals surface area contributed by atoms with E-state index in [9.17, 15) is 4.79 Å². The summed E-state index contributed by atoms with van der Waals surface area (Å²) in [5.41, 5.74) is 4.11. The smallest absolute Gasteiger partial charge is 0.184 e. The standard InChI is InChI=1S/C20H18O2S/c1-14-8-9-16(15(2)12-14)13-18-19(21)10-11-20(18)22-23-17-6-4-3-5-7-17/h3-13,20H,1-2H3/b18-13+. The summed E-state index contributed by atoms with van der Waals surface area (Å²) in [7, 11) is 0. The number of ketones is 1. The first-order chi connectivity index (χ1) is 11.1. The third-order valence-corrected chi connectivity index (χ3v) is 4.51.